The second-order valence-corrected chi connectivity index (χ2v) is 6.13. The maximum Gasteiger partial charge on any atom is 0.123 e. The molecule has 2 aromatic rings. The fraction of sp³-hybridized carbons (Fsp3) is 0.375. The van der Waals surface area contributed by atoms with Crippen molar-refractivity contribution in [3.8, 4) is 5.75 Å². The third kappa shape index (κ3) is 2.81. The van der Waals surface area contributed by atoms with E-state index < -0.39 is 0 Å². The van der Waals surface area contributed by atoms with Crippen molar-refractivity contribution in [1.29, 1.82) is 0 Å². The number of nitrogen functional groups attached to an aromatic ring is 1. The van der Waals surface area contributed by atoms with Gasteiger partial charge in [-0.2, -0.15) is 0 Å². The Kier molecular flexibility index (Phi) is 3.94. The molecule has 106 valence electrons. The molecule has 0 bridgehead atoms. The highest BCUT2D eigenvalue weighted by atomic mass is 32.1. The van der Waals surface area contributed by atoms with E-state index in [4.69, 9.17) is 10.5 Å². The first kappa shape index (κ1) is 13.5. The van der Waals surface area contributed by atoms with Crippen molar-refractivity contribution in [2.24, 2.45) is 0 Å². The molecule has 1 aromatic carbocycles. The van der Waals surface area contributed by atoms with Crippen LogP contribution in [0, 0.1) is 0 Å². The second kappa shape index (κ2) is 5.85. The quantitative estimate of drug-likeness (QED) is 0.877. The fourth-order valence-corrected chi connectivity index (χ4v) is 3.59. The average Bonchev–Trinajstić information content (AvgIpc) is 2.89. The van der Waals surface area contributed by atoms with E-state index >= 15 is 0 Å². The summed E-state index contributed by atoms with van der Waals surface area (Å²) in [5.41, 5.74) is 9.38. The van der Waals surface area contributed by atoms with Gasteiger partial charge in [0, 0.05) is 35.8 Å². The van der Waals surface area contributed by atoms with E-state index in [1.165, 1.54) is 11.1 Å². The highest BCUT2D eigenvalue weighted by Gasteiger charge is 2.18. The van der Waals surface area contributed by atoms with Crippen molar-refractivity contribution in [3.05, 3.63) is 45.6 Å². The molecule has 0 fully saturated rings. The van der Waals surface area contributed by atoms with Crippen LogP contribution in [0.1, 0.15) is 22.9 Å². The number of hydrogen-bond acceptors (Lipinski definition) is 4. The minimum atomic E-state index is 0.686. The summed E-state index contributed by atoms with van der Waals surface area (Å²) in [5.74, 6) is 0.956. The third-order valence-electron chi connectivity index (χ3n) is 3.67. The Labute approximate surface area is 124 Å². The van der Waals surface area contributed by atoms with Crippen molar-refractivity contribution in [3.63, 3.8) is 0 Å². The van der Waals surface area contributed by atoms with Crippen molar-refractivity contribution < 1.29 is 4.74 Å². The van der Waals surface area contributed by atoms with Gasteiger partial charge in [0.1, 0.15) is 5.75 Å². The minimum absolute atomic E-state index is 0.686. The summed E-state index contributed by atoms with van der Waals surface area (Å²) in [6, 6.07) is 8.17. The van der Waals surface area contributed by atoms with Crippen LogP contribution in [0.4, 0.5) is 5.69 Å². The Morgan fingerprint density at radius 1 is 1.35 bits per heavy atom. The predicted octanol–water partition coefficient (Wildman–Crippen LogP) is 3.29. The number of hydrogen-bond donors (Lipinski definition) is 1. The van der Waals surface area contributed by atoms with E-state index in [1.54, 1.807) is 4.88 Å². The molecule has 0 saturated carbocycles. The third-order valence-corrected chi connectivity index (χ3v) is 4.69. The Morgan fingerprint density at radius 2 is 2.25 bits per heavy atom. The summed E-state index contributed by atoms with van der Waals surface area (Å²) in [6.45, 7) is 5.73. The summed E-state index contributed by atoms with van der Waals surface area (Å²) < 4.78 is 5.71. The lowest BCUT2D eigenvalue weighted by atomic mass is 10.1. The van der Waals surface area contributed by atoms with Gasteiger partial charge >= 0.3 is 0 Å². The molecular formula is C16H20N2OS. The van der Waals surface area contributed by atoms with Crippen LogP contribution in [0.2, 0.25) is 0 Å². The average molecular weight is 288 g/mol. The lowest BCUT2D eigenvalue weighted by Gasteiger charge is -2.27. The molecule has 2 N–H and O–H groups in total. The fourth-order valence-electron chi connectivity index (χ4n) is 2.70. The van der Waals surface area contributed by atoms with Crippen LogP contribution >= 0.6 is 11.3 Å². The minimum Gasteiger partial charge on any atom is -0.494 e. The lowest BCUT2D eigenvalue weighted by molar-refractivity contribution is 0.241. The van der Waals surface area contributed by atoms with E-state index in [1.807, 2.05) is 36.5 Å². The van der Waals surface area contributed by atoms with Gasteiger partial charge in [0.25, 0.3) is 0 Å². The van der Waals surface area contributed by atoms with Crippen LogP contribution in [0.15, 0.2) is 29.6 Å². The van der Waals surface area contributed by atoms with E-state index in [9.17, 15) is 0 Å². The smallest absolute Gasteiger partial charge is 0.123 e. The molecule has 0 unspecified atom stereocenters. The number of thiophene rings is 1. The molecule has 0 radical (unpaired) electrons. The van der Waals surface area contributed by atoms with Gasteiger partial charge in [-0.1, -0.05) is 0 Å². The molecule has 0 amide bonds. The molecule has 0 saturated heterocycles. The van der Waals surface area contributed by atoms with Gasteiger partial charge in [-0.15, -0.1) is 11.3 Å². The number of benzene rings is 1. The Bertz CT molecular complexity index is 594. The van der Waals surface area contributed by atoms with Gasteiger partial charge in [0.2, 0.25) is 0 Å². The van der Waals surface area contributed by atoms with Crippen molar-refractivity contribution >= 4 is 17.0 Å². The van der Waals surface area contributed by atoms with Crippen molar-refractivity contribution in [2.45, 2.75) is 26.4 Å². The van der Waals surface area contributed by atoms with Crippen LogP contribution in [0.3, 0.4) is 0 Å². The molecule has 2 heterocycles. The molecule has 0 atom stereocenters. The van der Waals surface area contributed by atoms with E-state index in [0.717, 1.165) is 37.5 Å². The van der Waals surface area contributed by atoms with Crippen LogP contribution < -0.4 is 10.5 Å². The molecule has 20 heavy (non-hydrogen) atoms. The second-order valence-electron chi connectivity index (χ2n) is 5.13. The first-order valence-electron chi connectivity index (χ1n) is 7.05. The van der Waals surface area contributed by atoms with Crippen LogP contribution in [0.5, 0.6) is 5.75 Å². The van der Waals surface area contributed by atoms with Gasteiger partial charge in [0.15, 0.2) is 0 Å². The SMILES string of the molecule is CCOc1ccc(N)cc1CN1CCc2sccc2C1. The number of rotatable bonds is 4. The number of anilines is 1. The Morgan fingerprint density at radius 3 is 3.10 bits per heavy atom. The summed E-state index contributed by atoms with van der Waals surface area (Å²) in [6.07, 6.45) is 1.15. The maximum absolute atomic E-state index is 5.92. The first-order valence-corrected chi connectivity index (χ1v) is 7.93. The van der Waals surface area contributed by atoms with E-state index in [-0.39, 0.29) is 0 Å². The van der Waals surface area contributed by atoms with E-state index in [0.29, 0.717) is 6.61 Å². The number of nitrogens with zero attached hydrogens (tertiary/aromatic N) is 1. The lowest BCUT2D eigenvalue weighted by Crippen LogP contribution is -2.29. The molecular weight excluding hydrogens is 268 g/mol. The predicted molar refractivity (Wildman–Crippen MR) is 84.2 cm³/mol. The molecule has 1 aliphatic heterocycles. The zero-order chi connectivity index (χ0) is 13.9. The van der Waals surface area contributed by atoms with Crippen molar-refractivity contribution in [2.75, 3.05) is 18.9 Å². The Hall–Kier alpha value is -1.52. The number of ether oxygens (including phenoxy) is 1. The number of nitrogens with two attached hydrogens (primary N) is 1. The molecule has 3 nitrogen and oxygen atoms in total. The van der Waals surface area contributed by atoms with Gasteiger partial charge in [0.05, 0.1) is 6.61 Å². The number of fused-ring (bicyclic) bond motifs is 1. The van der Waals surface area contributed by atoms with Crippen LogP contribution in [0.25, 0.3) is 0 Å². The zero-order valence-electron chi connectivity index (χ0n) is 11.8. The van der Waals surface area contributed by atoms with Crippen LogP contribution in [-0.4, -0.2) is 18.1 Å². The van der Waals surface area contributed by atoms with Crippen molar-refractivity contribution in [1.82, 2.24) is 4.90 Å². The molecule has 1 aromatic heterocycles. The van der Waals surface area contributed by atoms with E-state index in [2.05, 4.69) is 16.3 Å². The molecule has 4 heteroatoms. The highest BCUT2D eigenvalue weighted by molar-refractivity contribution is 7.10. The van der Waals surface area contributed by atoms with Gasteiger partial charge < -0.3 is 10.5 Å². The molecule has 0 spiro atoms. The standard InChI is InChI=1S/C16H20N2OS/c1-2-19-15-4-3-14(17)9-13(15)11-18-7-5-16-12(10-18)6-8-20-16/h3-4,6,8-9H,2,5,7,10-11,17H2,1H3. The Balaban J connectivity index is 1.76. The topological polar surface area (TPSA) is 38.5 Å². The van der Waals surface area contributed by atoms with Crippen LogP contribution in [-0.2, 0) is 19.5 Å². The summed E-state index contributed by atoms with van der Waals surface area (Å²) >= 11 is 1.88. The highest BCUT2D eigenvalue weighted by Crippen LogP contribution is 2.28. The van der Waals surface area contributed by atoms with Gasteiger partial charge in [-0.25, -0.2) is 0 Å². The summed E-state index contributed by atoms with van der Waals surface area (Å²) in [5, 5.41) is 2.19. The largest absolute Gasteiger partial charge is 0.494 e. The normalized spacial score (nSPS) is 15.1. The van der Waals surface area contributed by atoms with Gasteiger partial charge in [-0.05, 0) is 48.6 Å². The molecule has 1 aliphatic rings. The monoisotopic (exact) mass is 288 g/mol. The summed E-state index contributed by atoms with van der Waals surface area (Å²) in [4.78, 5) is 4.01. The molecule has 0 aliphatic carbocycles. The maximum atomic E-state index is 5.92. The van der Waals surface area contributed by atoms with Gasteiger partial charge in [-0.3, -0.25) is 4.90 Å². The first-order chi connectivity index (χ1) is 9.76. The summed E-state index contributed by atoms with van der Waals surface area (Å²) in [7, 11) is 0. The zero-order valence-corrected chi connectivity index (χ0v) is 12.6. The molecule has 3 rings (SSSR count).